The number of hydrogen-bond donors (Lipinski definition) is 2. The number of aryl methyl sites for hydroxylation is 3. The van der Waals surface area contributed by atoms with Crippen molar-refractivity contribution in [3.05, 3.63) is 41.6 Å². The molecule has 2 N–H and O–H groups in total. The molecule has 3 aromatic rings. The number of rotatable bonds is 3. The Balaban J connectivity index is 1.40. The monoisotopic (exact) mass is 393 g/mol. The fraction of sp³-hybridized carbons (Fsp3) is 0.476. The number of fused-ring (bicyclic) bond motifs is 2. The molecule has 1 amide bonds. The minimum atomic E-state index is -0.0501. The number of carbonyl (C=O) groups excluding carboxylic acids is 1. The quantitative estimate of drug-likeness (QED) is 0.700. The van der Waals surface area contributed by atoms with Gasteiger partial charge >= 0.3 is 0 Å². The molecular formula is C21H27N7O. The van der Waals surface area contributed by atoms with E-state index in [9.17, 15) is 4.79 Å². The van der Waals surface area contributed by atoms with Gasteiger partial charge < -0.3 is 20.1 Å². The van der Waals surface area contributed by atoms with Crippen LogP contribution in [-0.2, 0) is 20.0 Å². The average molecular weight is 393 g/mol. The van der Waals surface area contributed by atoms with Gasteiger partial charge in [0.05, 0.1) is 11.3 Å². The molecule has 8 heteroatoms. The van der Waals surface area contributed by atoms with E-state index in [4.69, 9.17) is 0 Å². The highest BCUT2D eigenvalue weighted by Gasteiger charge is 2.24. The minimum Gasteiger partial charge on any atom is -0.368 e. The van der Waals surface area contributed by atoms with Crippen LogP contribution in [0.5, 0.6) is 0 Å². The molecule has 152 valence electrons. The first-order chi connectivity index (χ1) is 14.1. The molecule has 0 bridgehead atoms. The zero-order valence-corrected chi connectivity index (χ0v) is 17.0. The molecule has 8 nitrogen and oxygen atoms in total. The third-order valence-electron chi connectivity index (χ3n) is 5.92. The van der Waals surface area contributed by atoms with Crippen LogP contribution in [0.25, 0.3) is 10.9 Å². The van der Waals surface area contributed by atoms with Gasteiger partial charge in [-0.05, 0) is 25.5 Å². The van der Waals surface area contributed by atoms with E-state index in [1.54, 1.807) is 4.68 Å². The summed E-state index contributed by atoms with van der Waals surface area (Å²) in [5.41, 5.74) is 3.61. The molecule has 2 aromatic heterocycles. The molecule has 0 spiro atoms. The number of benzene rings is 1. The largest absolute Gasteiger partial charge is 0.368 e. The smallest absolute Gasteiger partial charge is 0.253 e. The molecule has 0 radical (unpaired) electrons. The van der Waals surface area contributed by atoms with Crippen LogP contribution in [0.2, 0.25) is 0 Å². The highest BCUT2D eigenvalue weighted by atomic mass is 16.1. The first-order valence-electron chi connectivity index (χ1n) is 10.3. The number of nitrogens with zero attached hydrogens (tertiary/aromatic N) is 5. The van der Waals surface area contributed by atoms with Crippen LogP contribution < -0.4 is 15.5 Å². The van der Waals surface area contributed by atoms with Crippen molar-refractivity contribution in [1.29, 1.82) is 0 Å². The molecule has 0 saturated carbocycles. The molecule has 1 fully saturated rings. The number of aromatic nitrogens is 4. The molecule has 1 saturated heterocycles. The van der Waals surface area contributed by atoms with Crippen molar-refractivity contribution in [3.63, 3.8) is 0 Å². The Bertz CT molecular complexity index is 1060. The van der Waals surface area contributed by atoms with Gasteiger partial charge in [0.2, 0.25) is 0 Å². The predicted octanol–water partition coefficient (Wildman–Crippen LogP) is 1.23. The van der Waals surface area contributed by atoms with E-state index in [1.807, 2.05) is 26.2 Å². The van der Waals surface area contributed by atoms with Crippen molar-refractivity contribution in [3.8, 4) is 0 Å². The summed E-state index contributed by atoms with van der Waals surface area (Å²) in [7, 11) is 1.91. The van der Waals surface area contributed by atoms with Crippen molar-refractivity contribution >= 4 is 22.5 Å². The normalized spacial score (nSPS) is 19.4. The van der Waals surface area contributed by atoms with Crippen LogP contribution in [0.15, 0.2) is 24.5 Å². The Hall–Kier alpha value is -2.87. The molecule has 0 aliphatic carbocycles. The average Bonchev–Trinajstić information content (AvgIpc) is 3.28. The van der Waals surface area contributed by atoms with E-state index < -0.39 is 0 Å². The van der Waals surface area contributed by atoms with Gasteiger partial charge in [-0.2, -0.15) is 5.10 Å². The standard InChI is InChI=1S/C21H27N7O/c1-14-11-28-12-15(3-6-19(28)23-14)24-21(29)16-4-5-18(27-9-7-22-8-10-27)17-13-26(2)25-20(16)17/h4-5,11,13,15,22H,3,6-10,12H2,1-2H3,(H,24,29). The van der Waals surface area contributed by atoms with E-state index in [0.717, 1.165) is 73.7 Å². The van der Waals surface area contributed by atoms with Gasteiger partial charge in [0, 0.05) is 75.7 Å². The molecule has 1 unspecified atom stereocenters. The summed E-state index contributed by atoms with van der Waals surface area (Å²) in [5, 5.41) is 12.3. The minimum absolute atomic E-state index is 0.0501. The van der Waals surface area contributed by atoms with Gasteiger partial charge in [0.25, 0.3) is 5.91 Å². The van der Waals surface area contributed by atoms with Crippen molar-refractivity contribution < 1.29 is 4.79 Å². The summed E-state index contributed by atoms with van der Waals surface area (Å²) in [6, 6.07) is 4.11. The van der Waals surface area contributed by atoms with Gasteiger partial charge in [0.1, 0.15) is 11.3 Å². The molecule has 29 heavy (non-hydrogen) atoms. The Kier molecular flexibility index (Phi) is 4.50. The fourth-order valence-electron chi connectivity index (χ4n) is 4.54. The third-order valence-corrected chi connectivity index (χ3v) is 5.92. The molecule has 5 rings (SSSR count). The fourth-order valence-corrected chi connectivity index (χ4v) is 4.54. The lowest BCUT2D eigenvalue weighted by atomic mass is 10.0. The lowest BCUT2D eigenvalue weighted by Crippen LogP contribution is -2.43. The van der Waals surface area contributed by atoms with Crippen molar-refractivity contribution in [1.82, 2.24) is 30.0 Å². The highest BCUT2D eigenvalue weighted by molar-refractivity contribution is 6.08. The second-order valence-electron chi connectivity index (χ2n) is 8.09. The van der Waals surface area contributed by atoms with Crippen molar-refractivity contribution in [2.24, 2.45) is 7.05 Å². The van der Waals surface area contributed by atoms with Gasteiger partial charge in [0.15, 0.2) is 0 Å². The van der Waals surface area contributed by atoms with Crippen molar-refractivity contribution in [2.45, 2.75) is 32.4 Å². The van der Waals surface area contributed by atoms with Crippen LogP contribution in [0.1, 0.15) is 28.3 Å². The predicted molar refractivity (Wildman–Crippen MR) is 112 cm³/mol. The van der Waals surface area contributed by atoms with E-state index >= 15 is 0 Å². The SMILES string of the molecule is Cc1cn2c(n1)CCC(NC(=O)c1ccc(N3CCNCC3)c3cn(C)nc13)C2. The second-order valence-corrected chi connectivity index (χ2v) is 8.09. The van der Waals surface area contributed by atoms with E-state index in [-0.39, 0.29) is 11.9 Å². The van der Waals surface area contributed by atoms with E-state index in [0.29, 0.717) is 5.56 Å². The van der Waals surface area contributed by atoms with Gasteiger partial charge in [-0.1, -0.05) is 0 Å². The molecule has 4 heterocycles. The number of anilines is 1. The third kappa shape index (κ3) is 3.37. The molecule has 2 aliphatic heterocycles. The molecule has 1 atom stereocenters. The maximum Gasteiger partial charge on any atom is 0.253 e. The van der Waals surface area contributed by atoms with Crippen LogP contribution >= 0.6 is 0 Å². The molecule has 2 aliphatic rings. The number of amides is 1. The number of piperazine rings is 1. The molecular weight excluding hydrogens is 366 g/mol. The second kappa shape index (κ2) is 7.18. The Labute approximate surface area is 169 Å². The van der Waals surface area contributed by atoms with Gasteiger partial charge in [-0.25, -0.2) is 4.98 Å². The lowest BCUT2D eigenvalue weighted by Gasteiger charge is -2.30. The van der Waals surface area contributed by atoms with Gasteiger partial charge in [-0.15, -0.1) is 0 Å². The van der Waals surface area contributed by atoms with Crippen LogP contribution in [0.4, 0.5) is 5.69 Å². The summed E-state index contributed by atoms with van der Waals surface area (Å²) in [5.74, 6) is 1.06. The number of nitrogens with one attached hydrogen (secondary N) is 2. The number of imidazole rings is 1. The number of hydrogen-bond acceptors (Lipinski definition) is 5. The summed E-state index contributed by atoms with van der Waals surface area (Å²) in [4.78, 5) is 20.0. The van der Waals surface area contributed by atoms with Crippen molar-refractivity contribution in [2.75, 3.05) is 31.1 Å². The summed E-state index contributed by atoms with van der Waals surface area (Å²) in [6.45, 7) is 6.65. The van der Waals surface area contributed by atoms with E-state index in [2.05, 4.69) is 42.4 Å². The topological polar surface area (TPSA) is 80.0 Å². The maximum absolute atomic E-state index is 13.1. The van der Waals surface area contributed by atoms with Crippen LogP contribution in [0, 0.1) is 6.92 Å². The van der Waals surface area contributed by atoms with Crippen LogP contribution in [0.3, 0.4) is 0 Å². The van der Waals surface area contributed by atoms with E-state index in [1.165, 1.54) is 0 Å². The molecule has 1 aromatic carbocycles. The lowest BCUT2D eigenvalue weighted by molar-refractivity contribution is 0.0929. The Morgan fingerprint density at radius 2 is 2.07 bits per heavy atom. The summed E-state index contributed by atoms with van der Waals surface area (Å²) in [6.07, 6.45) is 5.88. The van der Waals surface area contributed by atoms with Crippen LogP contribution in [-0.4, -0.2) is 57.5 Å². The number of carbonyl (C=O) groups is 1. The summed E-state index contributed by atoms with van der Waals surface area (Å²) >= 11 is 0. The Morgan fingerprint density at radius 3 is 2.90 bits per heavy atom. The highest BCUT2D eigenvalue weighted by Crippen LogP contribution is 2.29. The Morgan fingerprint density at radius 1 is 1.24 bits per heavy atom. The first-order valence-corrected chi connectivity index (χ1v) is 10.3. The first kappa shape index (κ1) is 18.2. The zero-order valence-electron chi connectivity index (χ0n) is 17.0. The zero-order chi connectivity index (χ0) is 20.0. The maximum atomic E-state index is 13.1. The summed E-state index contributed by atoms with van der Waals surface area (Å²) < 4.78 is 3.96. The van der Waals surface area contributed by atoms with Gasteiger partial charge in [-0.3, -0.25) is 9.48 Å².